The van der Waals surface area contributed by atoms with E-state index in [1.54, 1.807) is 0 Å². The molecule has 0 bridgehead atoms. The van der Waals surface area contributed by atoms with Gasteiger partial charge in [0.25, 0.3) is 0 Å². The summed E-state index contributed by atoms with van der Waals surface area (Å²) in [5.74, 6) is 0. The van der Waals surface area contributed by atoms with Crippen LogP contribution in [0.4, 0.5) is 0 Å². The van der Waals surface area contributed by atoms with Crippen LogP contribution in [0.5, 0.6) is 0 Å². The van der Waals surface area contributed by atoms with E-state index in [1.165, 1.54) is 16.7 Å². The average molecular weight is 354 g/mol. The quantitative estimate of drug-likeness (QED) is 0.607. The maximum Gasteiger partial charge on any atom is 0 e. The molecular weight excluding hydrogens is 331 g/mol. The van der Waals surface area contributed by atoms with Crippen molar-refractivity contribution in [2.24, 2.45) is 0 Å². The molecule has 1 aromatic rings. The van der Waals surface area contributed by atoms with Crippen LogP contribution in [-0.4, -0.2) is 0 Å². The minimum atomic E-state index is 0. The molecule has 0 amide bonds. The van der Waals surface area contributed by atoms with Gasteiger partial charge in [-0.2, -0.15) is 34.9 Å². The van der Waals surface area contributed by atoms with Crippen LogP contribution in [0.25, 0.3) is 0 Å². The van der Waals surface area contributed by atoms with Crippen LogP contribution in [-0.2, 0) is 10.8 Å². The zero-order chi connectivity index (χ0) is 11.9. The Morgan fingerprint density at radius 3 is 1.38 bits per heavy atom. The first-order chi connectivity index (χ1) is 6.60. The molecule has 0 aliphatic rings. The Hall–Kier alpha value is 0.558. The average Bonchev–Trinajstić information content (AvgIpc) is 1.99. The van der Waals surface area contributed by atoms with E-state index in [1.807, 2.05) is 0 Å². The zero-order valence-electron chi connectivity index (χ0n) is 11.6. The van der Waals surface area contributed by atoms with Crippen molar-refractivity contribution in [1.82, 2.24) is 0 Å². The molecule has 16 heavy (non-hydrogen) atoms. The molecular formula is C15H23Sm-. The Kier molecular flexibility index (Phi) is 5.66. The van der Waals surface area contributed by atoms with Crippen molar-refractivity contribution in [3.05, 3.63) is 34.9 Å². The molecule has 0 nitrogen and oxygen atoms in total. The molecule has 0 radical (unpaired) electrons. The van der Waals surface area contributed by atoms with E-state index in [-0.39, 0.29) is 51.2 Å². The normalized spacial score (nSPS) is 12.2. The summed E-state index contributed by atoms with van der Waals surface area (Å²) in [6, 6.07) is 8.06. The van der Waals surface area contributed by atoms with Crippen molar-refractivity contribution in [2.45, 2.75) is 59.3 Å². The van der Waals surface area contributed by atoms with Gasteiger partial charge in [-0.25, -0.2) is 0 Å². The van der Waals surface area contributed by atoms with Gasteiger partial charge < -0.3 is 0 Å². The van der Waals surface area contributed by atoms with Crippen LogP contribution < -0.4 is 0 Å². The smallest absolute Gasteiger partial charge is 0 e. The summed E-state index contributed by atoms with van der Waals surface area (Å²) < 4.78 is 0. The molecule has 0 aliphatic heterocycles. The predicted molar refractivity (Wildman–Crippen MR) is 67.4 cm³/mol. The fourth-order valence-corrected chi connectivity index (χ4v) is 1.52. The Morgan fingerprint density at radius 2 is 1.12 bits per heavy atom. The second kappa shape index (κ2) is 5.47. The number of aryl methyl sites for hydroxylation is 1. The summed E-state index contributed by atoms with van der Waals surface area (Å²) in [6.07, 6.45) is 0. The van der Waals surface area contributed by atoms with Gasteiger partial charge in [-0.15, -0.1) is 0 Å². The van der Waals surface area contributed by atoms with Gasteiger partial charge >= 0.3 is 0 Å². The molecule has 0 spiro atoms. The van der Waals surface area contributed by atoms with Crippen molar-refractivity contribution in [3.63, 3.8) is 0 Å². The predicted octanol–water partition coefficient (Wildman–Crippen LogP) is 4.39. The monoisotopic (exact) mass is 355 g/mol. The van der Waals surface area contributed by atoms with E-state index >= 15 is 0 Å². The van der Waals surface area contributed by atoms with Gasteiger partial charge in [-0.1, -0.05) is 48.5 Å². The van der Waals surface area contributed by atoms with Gasteiger partial charge in [-0.3, -0.25) is 0 Å². The molecule has 0 saturated heterocycles. The van der Waals surface area contributed by atoms with Gasteiger partial charge in [-0.05, 0) is 10.8 Å². The maximum atomic E-state index is 3.57. The Bertz CT molecular complexity index is 318. The van der Waals surface area contributed by atoms with E-state index in [2.05, 4.69) is 66.7 Å². The molecule has 0 aromatic heterocycles. The van der Waals surface area contributed by atoms with E-state index in [0.29, 0.717) is 0 Å². The van der Waals surface area contributed by atoms with Gasteiger partial charge in [0.05, 0.1) is 0 Å². The molecule has 1 aromatic carbocycles. The van der Waals surface area contributed by atoms with E-state index in [0.717, 1.165) is 0 Å². The minimum absolute atomic E-state index is 0. The first-order valence-electron chi connectivity index (χ1n) is 5.65. The van der Waals surface area contributed by atoms with Crippen LogP contribution in [0.15, 0.2) is 12.1 Å². The first-order valence-corrected chi connectivity index (χ1v) is 5.65. The number of benzene rings is 1. The third-order valence-electron chi connectivity index (χ3n) is 2.63. The van der Waals surface area contributed by atoms with Crippen LogP contribution in [0.1, 0.15) is 58.2 Å². The van der Waals surface area contributed by atoms with E-state index in [4.69, 9.17) is 0 Å². The Balaban J connectivity index is 0.00000225. The van der Waals surface area contributed by atoms with Crippen LogP contribution in [0, 0.1) is 53.4 Å². The molecule has 90 valence electrons. The molecule has 0 heterocycles. The summed E-state index contributed by atoms with van der Waals surface area (Å²) in [5, 5.41) is 0. The summed E-state index contributed by atoms with van der Waals surface area (Å²) in [4.78, 5) is 0. The SMILES string of the molecule is Cc1cc(C(C)(C)C)[c-]c(C(C)(C)C)c1.[Sm]. The van der Waals surface area contributed by atoms with Crippen molar-refractivity contribution in [1.29, 1.82) is 0 Å². The standard InChI is InChI=1S/C15H23.Sm/c1-11-8-12(14(2,3)4)10-13(9-11)15(5,6)7;/h8-9H,1-7H3;/q-1;. The summed E-state index contributed by atoms with van der Waals surface area (Å²) >= 11 is 0. The van der Waals surface area contributed by atoms with E-state index in [9.17, 15) is 0 Å². The second-order valence-corrected chi connectivity index (χ2v) is 6.49. The second-order valence-electron chi connectivity index (χ2n) is 6.49. The number of rotatable bonds is 0. The largest absolute Gasteiger partial charge is 0.176 e. The van der Waals surface area contributed by atoms with Crippen LogP contribution in [0.3, 0.4) is 0 Å². The van der Waals surface area contributed by atoms with Crippen molar-refractivity contribution in [2.75, 3.05) is 0 Å². The fraction of sp³-hybridized carbons (Fsp3) is 0.600. The maximum absolute atomic E-state index is 3.57. The summed E-state index contributed by atoms with van der Waals surface area (Å²) in [6.45, 7) is 15.6. The third kappa shape index (κ3) is 4.44. The van der Waals surface area contributed by atoms with Crippen LogP contribution >= 0.6 is 0 Å². The van der Waals surface area contributed by atoms with Gasteiger partial charge in [0.15, 0.2) is 0 Å². The van der Waals surface area contributed by atoms with Crippen molar-refractivity contribution in [3.8, 4) is 0 Å². The van der Waals surface area contributed by atoms with Gasteiger partial charge in [0.2, 0.25) is 0 Å². The Morgan fingerprint density at radius 1 is 0.812 bits per heavy atom. The van der Waals surface area contributed by atoms with Crippen LogP contribution in [0.2, 0.25) is 0 Å². The zero-order valence-corrected chi connectivity index (χ0v) is 14.2. The topological polar surface area (TPSA) is 0 Å². The molecule has 0 saturated carbocycles. The molecule has 1 heteroatoms. The fourth-order valence-electron chi connectivity index (χ4n) is 1.52. The van der Waals surface area contributed by atoms with Crippen molar-refractivity contribution < 1.29 is 40.4 Å². The summed E-state index contributed by atoms with van der Waals surface area (Å²) in [7, 11) is 0. The Labute approximate surface area is 133 Å². The molecule has 0 fully saturated rings. The number of hydrogen-bond acceptors (Lipinski definition) is 0. The molecule has 0 aliphatic carbocycles. The molecule has 0 unspecified atom stereocenters. The summed E-state index contributed by atoms with van der Waals surface area (Å²) in [5.41, 5.74) is 4.33. The third-order valence-corrected chi connectivity index (χ3v) is 2.63. The first kappa shape index (κ1) is 16.6. The molecule has 1 rings (SSSR count). The van der Waals surface area contributed by atoms with Gasteiger partial charge in [0.1, 0.15) is 0 Å². The number of hydrogen-bond donors (Lipinski definition) is 0. The molecule has 0 N–H and O–H groups in total. The molecule has 0 atom stereocenters. The van der Waals surface area contributed by atoms with Crippen molar-refractivity contribution >= 4 is 0 Å². The van der Waals surface area contributed by atoms with Gasteiger partial charge in [0, 0.05) is 40.4 Å². The van der Waals surface area contributed by atoms with E-state index < -0.39 is 0 Å². The minimum Gasteiger partial charge on any atom is -0.176 e.